The Morgan fingerprint density at radius 1 is 1.11 bits per heavy atom. The first kappa shape index (κ1) is 20.8. The molecule has 0 aliphatic heterocycles. The predicted octanol–water partition coefficient (Wildman–Crippen LogP) is 4.74. The van der Waals surface area contributed by atoms with Gasteiger partial charge in [0.1, 0.15) is 0 Å². The number of sulfonamides is 1. The number of aromatic nitrogens is 2. The van der Waals surface area contributed by atoms with Gasteiger partial charge in [0.05, 0.1) is 11.4 Å². The molecule has 0 saturated heterocycles. The summed E-state index contributed by atoms with van der Waals surface area (Å²) in [5.74, 6) is 0.280. The van der Waals surface area contributed by atoms with Gasteiger partial charge < -0.3 is 0 Å². The number of thiophene rings is 1. The first-order chi connectivity index (χ1) is 13.3. The minimum Gasteiger partial charge on any atom is -0.282 e. The molecule has 1 N–H and O–H groups in total. The van der Waals surface area contributed by atoms with Crippen LogP contribution in [0.15, 0.2) is 42.5 Å². The van der Waals surface area contributed by atoms with Crippen LogP contribution in [0.2, 0.25) is 0 Å². The standard InChI is InChI=1S/C21H27N3O2S2/c1-15(2)12-24(28(25,26)14-18-8-6-5-7-9-18)13-19-10-11-20(27-19)21-16(3)22-23-17(21)4/h5-11,15H,12-14H2,1-4H3,(H,22,23). The van der Waals surface area contributed by atoms with Gasteiger partial charge in [-0.1, -0.05) is 44.2 Å². The average molecular weight is 418 g/mol. The Labute approximate surface area is 171 Å². The first-order valence-electron chi connectivity index (χ1n) is 9.38. The maximum absolute atomic E-state index is 13.1. The Kier molecular flexibility index (Phi) is 6.37. The number of nitrogens with one attached hydrogen (secondary N) is 1. The maximum Gasteiger partial charge on any atom is 0.218 e. The molecule has 5 nitrogen and oxygen atoms in total. The highest BCUT2D eigenvalue weighted by Gasteiger charge is 2.24. The number of rotatable bonds is 8. The molecule has 2 heterocycles. The van der Waals surface area contributed by atoms with E-state index in [1.807, 2.05) is 64.1 Å². The molecule has 0 aliphatic carbocycles. The van der Waals surface area contributed by atoms with Crippen molar-refractivity contribution in [3.05, 3.63) is 64.3 Å². The predicted molar refractivity (Wildman–Crippen MR) is 116 cm³/mol. The van der Waals surface area contributed by atoms with Gasteiger partial charge in [-0.05, 0) is 37.5 Å². The van der Waals surface area contributed by atoms with Gasteiger partial charge in [0.15, 0.2) is 0 Å². The van der Waals surface area contributed by atoms with E-state index in [2.05, 4.69) is 16.3 Å². The highest BCUT2D eigenvalue weighted by atomic mass is 32.2. The molecular weight excluding hydrogens is 390 g/mol. The van der Waals surface area contributed by atoms with Crippen molar-refractivity contribution in [3.8, 4) is 10.4 Å². The summed E-state index contributed by atoms with van der Waals surface area (Å²) < 4.78 is 27.8. The van der Waals surface area contributed by atoms with E-state index < -0.39 is 10.0 Å². The van der Waals surface area contributed by atoms with Gasteiger partial charge in [0, 0.05) is 34.1 Å². The third-order valence-electron chi connectivity index (χ3n) is 4.52. The number of hydrogen-bond donors (Lipinski definition) is 1. The molecule has 0 fully saturated rings. The smallest absolute Gasteiger partial charge is 0.218 e. The maximum atomic E-state index is 13.1. The molecule has 0 bridgehead atoms. The van der Waals surface area contributed by atoms with Crippen LogP contribution in [0.4, 0.5) is 0 Å². The van der Waals surface area contributed by atoms with Crippen LogP contribution in [-0.4, -0.2) is 29.5 Å². The fourth-order valence-electron chi connectivity index (χ4n) is 3.24. The topological polar surface area (TPSA) is 66.1 Å². The Bertz CT molecular complexity index is 1000. The Hall–Kier alpha value is -1.96. The van der Waals surface area contributed by atoms with Gasteiger partial charge in [0.25, 0.3) is 0 Å². The van der Waals surface area contributed by atoms with Crippen LogP contribution < -0.4 is 0 Å². The fraction of sp³-hybridized carbons (Fsp3) is 0.381. The summed E-state index contributed by atoms with van der Waals surface area (Å²) in [4.78, 5) is 2.15. The van der Waals surface area contributed by atoms with Gasteiger partial charge in [-0.15, -0.1) is 11.3 Å². The average Bonchev–Trinajstić information content (AvgIpc) is 3.20. The molecule has 0 amide bonds. The number of benzene rings is 1. The summed E-state index contributed by atoms with van der Waals surface area (Å²) >= 11 is 1.63. The quantitative estimate of drug-likeness (QED) is 0.575. The second-order valence-corrected chi connectivity index (χ2v) is 10.6. The number of aryl methyl sites for hydroxylation is 2. The lowest BCUT2D eigenvalue weighted by atomic mass is 10.1. The fourth-order valence-corrected chi connectivity index (χ4v) is 6.16. The van der Waals surface area contributed by atoms with Crippen molar-refractivity contribution < 1.29 is 8.42 Å². The largest absolute Gasteiger partial charge is 0.282 e. The van der Waals surface area contributed by atoms with Crippen LogP contribution in [0.5, 0.6) is 0 Å². The Balaban J connectivity index is 1.83. The van der Waals surface area contributed by atoms with Gasteiger partial charge in [-0.3, -0.25) is 5.10 Å². The van der Waals surface area contributed by atoms with Gasteiger partial charge in [-0.2, -0.15) is 9.40 Å². The van der Waals surface area contributed by atoms with Crippen LogP contribution in [0, 0.1) is 19.8 Å². The summed E-state index contributed by atoms with van der Waals surface area (Å²) in [7, 11) is -3.41. The second kappa shape index (κ2) is 8.59. The molecule has 2 aromatic heterocycles. The zero-order valence-corrected chi connectivity index (χ0v) is 18.4. The lowest BCUT2D eigenvalue weighted by Gasteiger charge is -2.23. The van der Waals surface area contributed by atoms with E-state index in [1.165, 1.54) is 0 Å². The van der Waals surface area contributed by atoms with Crippen molar-refractivity contribution in [2.75, 3.05) is 6.54 Å². The van der Waals surface area contributed by atoms with E-state index in [-0.39, 0.29) is 11.7 Å². The number of H-pyrrole nitrogens is 1. The van der Waals surface area contributed by atoms with E-state index in [1.54, 1.807) is 15.6 Å². The monoisotopic (exact) mass is 417 g/mol. The molecule has 0 radical (unpaired) electrons. The zero-order chi connectivity index (χ0) is 20.3. The molecule has 7 heteroatoms. The van der Waals surface area contributed by atoms with Gasteiger partial charge in [0.2, 0.25) is 10.0 Å². The van der Waals surface area contributed by atoms with E-state index in [4.69, 9.17) is 0 Å². The highest BCUT2D eigenvalue weighted by Crippen LogP contribution is 2.33. The molecular formula is C21H27N3O2S2. The lowest BCUT2D eigenvalue weighted by Crippen LogP contribution is -2.34. The lowest BCUT2D eigenvalue weighted by molar-refractivity contribution is 0.364. The van der Waals surface area contributed by atoms with Crippen molar-refractivity contribution >= 4 is 21.4 Å². The molecule has 0 atom stereocenters. The first-order valence-corrected chi connectivity index (χ1v) is 11.8. The van der Waals surface area contributed by atoms with Crippen molar-refractivity contribution in [1.29, 1.82) is 0 Å². The van der Waals surface area contributed by atoms with E-state index in [9.17, 15) is 8.42 Å². The van der Waals surface area contributed by atoms with Crippen molar-refractivity contribution in [1.82, 2.24) is 14.5 Å². The summed E-state index contributed by atoms with van der Waals surface area (Å²) in [5.41, 5.74) is 3.91. The minimum atomic E-state index is -3.41. The van der Waals surface area contributed by atoms with Crippen LogP contribution in [0.3, 0.4) is 0 Å². The van der Waals surface area contributed by atoms with Crippen LogP contribution in [0.25, 0.3) is 10.4 Å². The van der Waals surface area contributed by atoms with Crippen LogP contribution in [0.1, 0.15) is 35.7 Å². The molecule has 150 valence electrons. The SMILES string of the molecule is Cc1n[nH]c(C)c1-c1ccc(CN(CC(C)C)S(=O)(=O)Cc2ccccc2)s1. The second-order valence-electron chi connectivity index (χ2n) is 7.50. The molecule has 0 spiro atoms. The molecule has 1 aromatic carbocycles. The summed E-state index contributed by atoms with van der Waals surface area (Å²) in [6.07, 6.45) is 0. The van der Waals surface area contributed by atoms with E-state index >= 15 is 0 Å². The van der Waals surface area contributed by atoms with Crippen molar-refractivity contribution in [2.24, 2.45) is 5.92 Å². The molecule has 0 unspecified atom stereocenters. The Morgan fingerprint density at radius 2 is 1.82 bits per heavy atom. The molecule has 0 aliphatic rings. The number of aromatic amines is 1. The van der Waals surface area contributed by atoms with Crippen molar-refractivity contribution in [2.45, 2.75) is 40.0 Å². The summed E-state index contributed by atoms with van der Waals surface area (Å²) in [5, 5.41) is 7.28. The van der Waals surface area contributed by atoms with E-state index in [0.29, 0.717) is 13.1 Å². The Morgan fingerprint density at radius 3 is 2.43 bits per heavy atom. The van der Waals surface area contributed by atoms with Crippen LogP contribution in [-0.2, 0) is 22.3 Å². The van der Waals surface area contributed by atoms with E-state index in [0.717, 1.165) is 32.3 Å². The minimum absolute atomic E-state index is 0.0265. The van der Waals surface area contributed by atoms with Crippen LogP contribution >= 0.6 is 11.3 Å². The molecule has 3 aromatic rings. The van der Waals surface area contributed by atoms with Gasteiger partial charge >= 0.3 is 0 Å². The third kappa shape index (κ3) is 4.90. The highest BCUT2D eigenvalue weighted by molar-refractivity contribution is 7.88. The third-order valence-corrected chi connectivity index (χ3v) is 7.37. The normalized spacial score (nSPS) is 12.2. The summed E-state index contributed by atoms with van der Waals surface area (Å²) in [6, 6.07) is 13.4. The summed E-state index contributed by atoms with van der Waals surface area (Å²) in [6.45, 7) is 8.98. The van der Waals surface area contributed by atoms with Crippen molar-refractivity contribution in [3.63, 3.8) is 0 Å². The molecule has 0 saturated carbocycles. The number of nitrogens with zero attached hydrogens (tertiary/aromatic N) is 2. The molecule has 28 heavy (non-hydrogen) atoms. The van der Waals surface area contributed by atoms with Gasteiger partial charge in [-0.25, -0.2) is 8.42 Å². The number of hydrogen-bond acceptors (Lipinski definition) is 4. The zero-order valence-electron chi connectivity index (χ0n) is 16.8. The molecule has 3 rings (SSSR count).